The molecule has 1 aliphatic rings. The number of hydrogen-bond donors (Lipinski definition) is 1. The third-order valence-electron chi connectivity index (χ3n) is 1.69. The van der Waals surface area contributed by atoms with E-state index in [4.69, 9.17) is 11.6 Å². The number of nitrogens with one attached hydrogen (secondary N) is 1. The van der Waals surface area contributed by atoms with E-state index in [1.807, 2.05) is 18.2 Å². The van der Waals surface area contributed by atoms with Crippen LogP contribution in [-0.2, 0) is 0 Å². The van der Waals surface area contributed by atoms with E-state index in [1.54, 1.807) is 0 Å². The first kappa shape index (κ1) is 6.20. The minimum Gasteiger partial charge on any atom is -0.307 e. The molecule has 0 amide bonds. The molecule has 1 unspecified atom stereocenters. The van der Waals surface area contributed by atoms with Gasteiger partial charge in [-0.2, -0.15) is 0 Å². The molecule has 1 N–H and O–H groups in total. The van der Waals surface area contributed by atoms with E-state index in [9.17, 15) is 0 Å². The van der Waals surface area contributed by atoms with Crippen LogP contribution in [-0.4, -0.2) is 6.54 Å². The molecule has 0 radical (unpaired) electrons. The molecule has 1 aromatic carbocycles. The van der Waals surface area contributed by atoms with Crippen LogP contribution in [0.1, 0.15) is 11.6 Å². The van der Waals surface area contributed by atoms with Crippen LogP contribution in [0.15, 0.2) is 24.3 Å². The first-order valence-electron chi connectivity index (χ1n) is 3.36. The lowest BCUT2D eigenvalue weighted by molar-refractivity contribution is 1.08. The summed E-state index contributed by atoms with van der Waals surface area (Å²) in [5.74, 6) is 0. The van der Waals surface area contributed by atoms with E-state index in [2.05, 4.69) is 11.4 Å². The van der Waals surface area contributed by atoms with Crippen molar-refractivity contribution in [2.24, 2.45) is 0 Å². The summed E-state index contributed by atoms with van der Waals surface area (Å²) >= 11 is 5.92. The molecule has 1 atom stereocenters. The van der Waals surface area contributed by atoms with Crippen molar-refractivity contribution in [3.05, 3.63) is 34.9 Å². The second-order valence-electron chi connectivity index (χ2n) is 2.48. The van der Waals surface area contributed by atoms with Crippen molar-refractivity contribution in [1.29, 1.82) is 0 Å². The lowest BCUT2D eigenvalue weighted by Gasteiger charge is -1.97. The van der Waals surface area contributed by atoms with Gasteiger partial charge in [0.05, 0.1) is 0 Å². The van der Waals surface area contributed by atoms with Gasteiger partial charge in [0.25, 0.3) is 0 Å². The normalized spacial score (nSPS) is 22.7. The number of rotatable bonds is 1. The minimum atomic E-state index is 0.522. The molecule has 1 saturated heterocycles. The summed E-state index contributed by atoms with van der Waals surface area (Å²) in [6.07, 6.45) is 0. The number of halogens is 1. The Hall–Kier alpha value is -0.530. The molecule has 0 spiro atoms. The maximum atomic E-state index is 5.92. The molecule has 1 heterocycles. The molecule has 2 rings (SSSR count). The average molecular weight is 154 g/mol. The summed E-state index contributed by atoms with van der Waals surface area (Å²) in [5, 5.41) is 4.08. The molecule has 52 valence electrons. The van der Waals surface area contributed by atoms with E-state index in [1.165, 1.54) is 5.56 Å². The highest BCUT2D eigenvalue weighted by atomic mass is 35.5. The monoisotopic (exact) mass is 153 g/mol. The summed E-state index contributed by atoms with van der Waals surface area (Å²) in [4.78, 5) is 0. The second-order valence-corrected chi connectivity index (χ2v) is 2.89. The molecule has 1 aromatic rings. The smallest absolute Gasteiger partial charge is 0.0462 e. The van der Waals surface area contributed by atoms with Gasteiger partial charge in [0.2, 0.25) is 0 Å². The summed E-state index contributed by atoms with van der Waals surface area (Å²) in [6.45, 7) is 1.07. The maximum Gasteiger partial charge on any atom is 0.0462 e. The predicted octanol–water partition coefficient (Wildman–Crippen LogP) is 1.98. The molecular formula is C8H8ClN. The molecule has 1 nitrogen and oxygen atoms in total. The van der Waals surface area contributed by atoms with Crippen molar-refractivity contribution in [3.63, 3.8) is 0 Å². The largest absolute Gasteiger partial charge is 0.307 e. The lowest BCUT2D eigenvalue weighted by Crippen LogP contribution is -1.83. The van der Waals surface area contributed by atoms with Gasteiger partial charge in [0, 0.05) is 17.6 Å². The van der Waals surface area contributed by atoms with E-state index in [0.29, 0.717) is 6.04 Å². The predicted molar refractivity (Wildman–Crippen MR) is 42.2 cm³/mol. The van der Waals surface area contributed by atoms with Gasteiger partial charge in [0.15, 0.2) is 0 Å². The Balaban J connectivity index is 2.39. The topological polar surface area (TPSA) is 21.9 Å². The highest BCUT2D eigenvalue weighted by molar-refractivity contribution is 6.31. The van der Waals surface area contributed by atoms with Crippen molar-refractivity contribution in [1.82, 2.24) is 5.32 Å². The maximum absolute atomic E-state index is 5.92. The molecule has 0 aromatic heterocycles. The standard InChI is InChI=1S/C8H8ClN/c9-7-4-2-1-3-6(7)8-5-10-8/h1-4,8,10H,5H2. The highest BCUT2D eigenvalue weighted by Gasteiger charge is 2.23. The zero-order valence-corrected chi connectivity index (χ0v) is 6.23. The van der Waals surface area contributed by atoms with Gasteiger partial charge >= 0.3 is 0 Å². The van der Waals surface area contributed by atoms with Crippen LogP contribution in [0.3, 0.4) is 0 Å². The van der Waals surface area contributed by atoms with Crippen LogP contribution in [0.4, 0.5) is 0 Å². The van der Waals surface area contributed by atoms with E-state index >= 15 is 0 Å². The molecular weight excluding hydrogens is 146 g/mol. The Morgan fingerprint density at radius 2 is 2.10 bits per heavy atom. The van der Waals surface area contributed by atoms with Gasteiger partial charge < -0.3 is 5.32 Å². The third kappa shape index (κ3) is 1.02. The van der Waals surface area contributed by atoms with Gasteiger partial charge in [-0.25, -0.2) is 0 Å². The fourth-order valence-electron chi connectivity index (χ4n) is 1.04. The number of hydrogen-bond acceptors (Lipinski definition) is 1. The average Bonchev–Trinajstić information content (AvgIpc) is 2.71. The summed E-state index contributed by atoms with van der Waals surface area (Å²) in [7, 11) is 0. The van der Waals surface area contributed by atoms with Gasteiger partial charge in [-0.3, -0.25) is 0 Å². The van der Waals surface area contributed by atoms with Gasteiger partial charge in [0.1, 0.15) is 0 Å². The fourth-order valence-corrected chi connectivity index (χ4v) is 1.30. The van der Waals surface area contributed by atoms with Crippen molar-refractivity contribution < 1.29 is 0 Å². The van der Waals surface area contributed by atoms with Crippen molar-refractivity contribution in [2.45, 2.75) is 6.04 Å². The SMILES string of the molecule is Clc1ccccc1C1CN1. The summed E-state index contributed by atoms with van der Waals surface area (Å²) in [5.41, 5.74) is 1.23. The van der Waals surface area contributed by atoms with Gasteiger partial charge in [-0.1, -0.05) is 29.8 Å². The van der Waals surface area contributed by atoms with Crippen LogP contribution in [0.25, 0.3) is 0 Å². The van der Waals surface area contributed by atoms with Crippen LogP contribution < -0.4 is 5.32 Å². The minimum absolute atomic E-state index is 0.522. The van der Waals surface area contributed by atoms with Gasteiger partial charge in [-0.15, -0.1) is 0 Å². The molecule has 1 fully saturated rings. The highest BCUT2D eigenvalue weighted by Crippen LogP contribution is 2.27. The summed E-state index contributed by atoms with van der Waals surface area (Å²) in [6, 6.07) is 8.48. The fraction of sp³-hybridized carbons (Fsp3) is 0.250. The molecule has 10 heavy (non-hydrogen) atoms. The van der Waals surface area contributed by atoms with Gasteiger partial charge in [-0.05, 0) is 11.6 Å². The van der Waals surface area contributed by atoms with Crippen LogP contribution in [0.5, 0.6) is 0 Å². The first-order valence-corrected chi connectivity index (χ1v) is 3.73. The zero-order chi connectivity index (χ0) is 6.97. The van der Waals surface area contributed by atoms with E-state index < -0.39 is 0 Å². The molecule has 0 saturated carbocycles. The zero-order valence-electron chi connectivity index (χ0n) is 5.47. The Kier molecular flexibility index (Phi) is 1.40. The molecule has 1 aliphatic heterocycles. The van der Waals surface area contributed by atoms with Crippen LogP contribution in [0.2, 0.25) is 5.02 Å². The molecule has 0 aliphatic carbocycles. The summed E-state index contributed by atoms with van der Waals surface area (Å²) < 4.78 is 0. The lowest BCUT2D eigenvalue weighted by atomic mass is 10.2. The molecule has 0 bridgehead atoms. The van der Waals surface area contributed by atoms with Crippen LogP contribution in [0, 0.1) is 0 Å². The van der Waals surface area contributed by atoms with E-state index in [0.717, 1.165) is 11.6 Å². The number of benzene rings is 1. The second kappa shape index (κ2) is 2.26. The Morgan fingerprint density at radius 1 is 1.40 bits per heavy atom. The van der Waals surface area contributed by atoms with Crippen molar-refractivity contribution in [3.8, 4) is 0 Å². The quantitative estimate of drug-likeness (QED) is 0.613. The van der Waals surface area contributed by atoms with E-state index in [-0.39, 0.29) is 0 Å². The third-order valence-corrected chi connectivity index (χ3v) is 2.03. The Labute approximate surface area is 65.0 Å². The molecule has 2 heteroatoms. The first-order chi connectivity index (χ1) is 4.88. The Morgan fingerprint density at radius 3 is 2.70 bits per heavy atom. The van der Waals surface area contributed by atoms with Crippen molar-refractivity contribution >= 4 is 11.6 Å². The van der Waals surface area contributed by atoms with Crippen molar-refractivity contribution in [2.75, 3.05) is 6.54 Å². The Bertz CT molecular complexity index is 243. The van der Waals surface area contributed by atoms with Crippen LogP contribution >= 0.6 is 11.6 Å².